The van der Waals surface area contributed by atoms with Gasteiger partial charge in [0.25, 0.3) is 0 Å². The van der Waals surface area contributed by atoms with Gasteiger partial charge in [-0.25, -0.2) is 5.01 Å². The number of ether oxygens (including phenoxy) is 2. The predicted octanol–water partition coefficient (Wildman–Crippen LogP) is 5.50. The molecule has 176 valence electrons. The van der Waals surface area contributed by atoms with Crippen LogP contribution in [0.2, 0.25) is 0 Å². The molecule has 2 aromatic carbocycles. The molecule has 1 unspecified atom stereocenters. The van der Waals surface area contributed by atoms with Crippen LogP contribution in [0.1, 0.15) is 37.8 Å². The van der Waals surface area contributed by atoms with Gasteiger partial charge in [0.15, 0.2) is 11.5 Å². The molecular weight excluding hydrogens is 452 g/mol. The van der Waals surface area contributed by atoms with Gasteiger partial charge < -0.3 is 14.8 Å². The summed E-state index contributed by atoms with van der Waals surface area (Å²) in [6, 6.07) is 11.8. The Hall–Kier alpha value is -3.14. The second-order valence-electron chi connectivity index (χ2n) is 7.17. The highest BCUT2D eigenvalue weighted by molar-refractivity contribution is 8.14. The summed E-state index contributed by atoms with van der Waals surface area (Å²) in [5.74, 6) is 0.00525. The average molecular weight is 478 g/mol. The Morgan fingerprint density at radius 1 is 1.18 bits per heavy atom. The largest absolute Gasteiger partial charge is 0.493 e. The fourth-order valence-corrected chi connectivity index (χ4v) is 4.16. The van der Waals surface area contributed by atoms with E-state index in [1.165, 1.54) is 29.9 Å². The molecule has 0 fully saturated rings. The van der Waals surface area contributed by atoms with E-state index in [1.807, 2.05) is 19.1 Å². The zero-order valence-electron chi connectivity index (χ0n) is 18.5. The van der Waals surface area contributed by atoms with Crippen molar-refractivity contribution in [2.45, 2.75) is 45.1 Å². The number of amides is 2. The van der Waals surface area contributed by atoms with Gasteiger partial charge in [-0.05, 0) is 42.3 Å². The number of nitrogens with zero attached hydrogens (tertiary/aromatic N) is 2. The quantitative estimate of drug-likeness (QED) is 0.516. The van der Waals surface area contributed by atoms with Crippen LogP contribution in [0, 0.1) is 0 Å². The number of thioether (sulfide) groups is 1. The Kier molecular flexibility index (Phi) is 8.26. The SMILES string of the molecule is CCC(=O)Nc1ccc(CN2N=C(c3ccc(OC(F)F)c(OC)c3)C(CC)SC2=O)cc1. The monoisotopic (exact) mass is 477 g/mol. The molecule has 10 heteroatoms. The first-order chi connectivity index (χ1) is 15.8. The molecular formula is C23H25F2N3O4S. The Morgan fingerprint density at radius 2 is 1.91 bits per heavy atom. The van der Waals surface area contributed by atoms with Gasteiger partial charge in [0.05, 0.1) is 24.6 Å². The lowest BCUT2D eigenvalue weighted by atomic mass is 10.0. The highest BCUT2D eigenvalue weighted by atomic mass is 32.2. The number of hydrazone groups is 1. The van der Waals surface area contributed by atoms with Gasteiger partial charge in [0.2, 0.25) is 5.91 Å². The van der Waals surface area contributed by atoms with Crippen LogP contribution in [-0.4, -0.2) is 40.8 Å². The number of carbonyl (C=O) groups is 2. The van der Waals surface area contributed by atoms with Crippen molar-refractivity contribution in [1.82, 2.24) is 5.01 Å². The van der Waals surface area contributed by atoms with Crippen molar-refractivity contribution in [2.75, 3.05) is 12.4 Å². The standard InChI is InChI=1S/C23H25F2N3O4S/c1-4-19-21(15-8-11-17(32-22(24)25)18(12-15)31-3)27-28(23(30)33-19)13-14-6-9-16(10-7-14)26-20(29)5-2/h6-12,19,22H,4-5,13H2,1-3H3,(H,26,29). The van der Waals surface area contributed by atoms with Crippen LogP contribution in [0.5, 0.6) is 11.5 Å². The number of methoxy groups -OCH3 is 1. The highest BCUT2D eigenvalue weighted by Gasteiger charge is 2.30. The first kappa shape index (κ1) is 24.5. The van der Waals surface area contributed by atoms with Gasteiger partial charge in [0, 0.05) is 17.7 Å². The molecule has 2 amide bonds. The summed E-state index contributed by atoms with van der Waals surface area (Å²) in [5, 5.41) is 8.38. The number of benzene rings is 2. The van der Waals surface area contributed by atoms with Crippen LogP contribution in [-0.2, 0) is 11.3 Å². The van der Waals surface area contributed by atoms with Gasteiger partial charge >= 0.3 is 11.9 Å². The lowest BCUT2D eigenvalue weighted by Gasteiger charge is -2.28. The number of carbonyl (C=O) groups excluding carboxylic acids is 2. The predicted molar refractivity (Wildman–Crippen MR) is 124 cm³/mol. The van der Waals surface area contributed by atoms with Crippen molar-refractivity contribution in [3.05, 3.63) is 53.6 Å². The van der Waals surface area contributed by atoms with E-state index in [0.29, 0.717) is 29.8 Å². The zero-order chi connectivity index (χ0) is 24.0. The Labute approximate surface area is 195 Å². The number of hydrogen-bond acceptors (Lipinski definition) is 6. The maximum Gasteiger partial charge on any atom is 0.387 e. The van der Waals surface area contributed by atoms with E-state index in [0.717, 1.165) is 5.56 Å². The fourth-order valence-electron chi connectivity index (χ4n) is 3.23. The van der Waals surface area contributed by atoms with Gasteiger partial charge in [-0.3, -0.25) is 9.59 Å². The van der Waals surface area contributed by atoms with Crippen molar-refractivity contribution >= 4 is 34.3 Å². The van der Waals surface area contributed by atoms with E-state index >= 15 is 0 Å². The van der Waals surface area contributed by atoms with Crippen LogP contribution in [0.15, 0.2) is 47.6 Å². The van der Waals surface area contributed by atoms with Crippen LogP contribution < -0.4 is 14.8 Å². The lowest BCUT2D eigenvalue weighted by molar-refractivity contribution is -0.115. The molecule has 0 bridgehead atoms. The van der Waals surface area contributed by atoms with E-state index in [4.69, 9.17) is 4.74 Å². The molecule has 0 spiro atoms. The minimum absolute atomic E-state index is 0.0726. The number of halogens is 2. The van der Waals surface area contributed by atoms with Gasteiger partial charge in [-0.2, -0.15) is 13.9 Å². The van der Waals surface area contributed by atoms with Crippen molar-refractivity contribution < 1.29 is 27.8 Å². The maximum absolute atomic E-state index is 12.7. The lowest BCUT2D eigenvalue weighted by Crippen LogP contribution is -2.34. The summed E-state index contributed by atoms with van der Waals surface area (Å²) in [7, 11) is 1.37. The molecule has 7 nitrogen and oxygen atoms in total. The summed E-state index contributed by atoms with van der Waals surface area (Å²) >= 11 is 1.17. The molecule has 3 rings (SSSR count). The second kappa shape index (κ2) is 11.1. The van der Waals surface area contributed by atoms with Crippen LogP contribution in [0.4, 0.5) is 19.3 Å². The number of rotatable bonds is 9. The third-order valence-corrected chi connectivity index (χ3v) is 6.18. The van der Waals surface area contributed by atoms with Crippen molar-refractivity contribution in [3.63, 3.8) is 0 Å². The Balaban J connectivity index is 1.85. The van der Waals surface area contributed by atoms with Gasteiger partial charge in [-0.15, -0.1) is 0 Å². The Bertz CT molecular complexity index is 1030. The second-order valence-corrected chi connectivity index (χ2v) is 8.32. The Morgan fingerprint density at radius 3 is 2.52 bits per heavy atom. The third kappa shape index (κ3) is 6.22. The van der Waals surface area contributed by atoms with Gasteiger partial charge in [-0.1, -0.05) is 37.7 Å². The molecule has 1 aliphatic heterocycles. The summed E-state index contributed by atoms with van der Waals surface area (Å²) in [6.45, 7) is 1.01. The first-order valence-corrected chi connectivity index (χ1v) is 11.3. The summed E-state index contributed by atoms with van der Waals surface area (Å²) in [4.78, 5) is 24.2. The number of anilines is 1. The number of alkyl halides is 2. The summed E-state index contributed by atoms with van der Waals surface area (Å²) < 4.78 is 35.0. The molecule has 2 aromatic rings. The molecule has 1 atom stereocenters. The van der Waals surface area contributed by atoms with E-state index in [1.54, 1.807) is 31.2 Å². The molecule has 0 aliphatic carbocycles. The molecule has 1 aliphatic rings. The molecule has 0 saturated carbocycles. The number of nitrogens with one attached hydrogen (secondary N) is 1. The summed E-state index contributed by atoms with van der Waals surface area (Å²) in [6.07, 6.45) is 1.05. The molecule has 0 aromatic heterocycles. The van der Waals surface area contributed by atoms with E-state index in [9.17, 15) is 18.4 Å². The van der Waals surface area contributed by atoms with E-state index < -0.39 is 6.61 Å². The maximum atomic E-state index is 12.7. The van der Waals surface area contributed by atoms with Crippen LogP contribution in [0.3, 0.4) is 0 Å². The first-order valence-electron chi connectivity index (χ1n) is 10.4. The zero-order valence-corrected chi connectivity index (χ0v) is 19.3. The number of hydrogen-bond donors (Lipinski definition) is 1. The van der Waals surface area contributed by atoms with Crippen molar-refractivity contribution in [2.24, 2.45) is 5.10 Å². The molecule has 0 radical (unpaired) electrons. The summed E-state index contributed by atoms with van der Waals surface area (Å²) in [5.41, 5.74) is 2.83. The smallest absolute Gasteiger partial charge is 0.387 e. The van der Waals surface area contributed by atoms with Crippen LogP contribution >= 0.6 is 11.8 Å². The average Bonchev–Trinajstić information content (AvgIpc) is 2.81. The van der Waals surface area contributed by atoms with E-state index in [-0.39, 0.29) is 34.4 Å². The third-order valence-electron chi connectivity index (χ3n) is 4.92. The van der Waals surface area contributed by atoms with Crippen molar-refractivity contribution in [3.8, 4) is 11.5 Å². The topological polar surface area (TPSA) is 80.2 Å². The normalized spacial score (nSPS) is 15.9. The van der Waals surface area contributed by atoms with Gasteiger partial charge in [0.1, 0.15) is 0 Å². The van der Waals surface area contributed by atoms with Crippen LogP contribution in [0.25, 0.3) is 0 Å². The highest BCUT2D eigenvalue weighted by Crippen LogP contribution is 2.34. The molecule has 33 heavy (non-hydrogen) atoms. The van der Waals surface area contributed by atoms with Crippen molar-refractivity contribution in [1.29, 1.82) is 0 Å². The molecule has 1 heterocycles. The minimum atomic E-state index is -2.97. The molecule has 1 N–H and O–H groups in total. The van der Waals surface area contributed by atoms with E-state index in [2.05, 4.69) is 15.2 Å². The minimum Gasteiger partial charge on any atom is -0.493 e. The molecule has 0 saturated heterocycles. The fraction of sp³-hybridized carbons (Fsp3) is 0.348.